The monoisotopic (exact) mass is 380 g/mol. The van der Waals surface area contributed by atoms with Crippen molar-refractivity contribution in [3.05, 3.63) is 41.2 Å². The van der Waals surface area contributed by atoms with Gasteiger partial charge in [0.25, 0.3) is 0 Å². The number of H-pyrrole nitrogens is 1. The number of pyridine rings is 1. The number of aromatic nitrogens is 3. The van der Waals surface area contributed by atoms with Gasteiger partial charge in [0.05, 0.1) is 20.4 Å². The molecule has 0 spiro atoms. The molecule has 1 saturated heterocycles. The van der Waals surface area contributed by atoms with Gasteiger partial charge in [-0.3, -0.25) is 5.10 Å². The molecule has 3 heterocycles. The van der Waals surface area contributed by atoms with E-state index >= 15 is 0 Å². The van der Waals surface area contributed by atoms with Crippen LogP contribution in [0.15, 0.2) is 24.4 Å². The van der Waals surface area contributed by atoms with Crippen molar-refractivity contribution in [2.24, 2.45) is 0 Å². The topological polar surface area (TPSA) is 63.3 Å². The number of hydrogen-bond donors (Lipinski definition) is 1. The second-order valence-electron chi connectivity index (χ2n) is 7.47. The number of nitrogens with one attached hydrogen (secondary N) is 1. The Labute approximate surface area is 165 Å². The minimum Gasteiger partial charge on any atom is -0.497 e. The fraction of sp³-hybridized carbons (Fsp3) is 0.455. The summed E-state index contributed by atoms with van der Waals surface area (Å²) in [5.74, 6) is 3.00. The number of fused-ring (bicyclic) bond motifs is 1. The first-order valence-corrected chi connectivity index (χ1v) is 9.95. The second-order valence-corrected chi connectivity index (χ2v) is 7.47. The molecule has 1 aliphatic heterocycles. The fourth-order valence-corrected chi connectivity index (χ4v) is 4.23. The van der Waals surface area contributed by atoms with Crippen molar-refractivity contribution in [2.45, 2.75) is 39.0 Å². The molecule has 1 aromatic carbocycles. The van der Waals surface area contributed by atoms with Crippen LogP contribution in [0.3, 0.4) is 0 Å². The summed E-state index contributed by atoms with van der Waals surface area (Å²) < 4.78 is 11.0. The van der Waals surface area contributed by atoms with Crippen molar-refractivity contribution >= 4 is 16.7 Å². The van der Waals surface area contributed by atoms with E-state index < -0.39 is 0 Å². The summed E-state index contributed by atoms with van der Waals surface area (Å²) in [4.78, 5) is 7.38. The van der Waals surface area contributed by atoms with Gasteiger partial charge < -0.3 is 14.4 Å². The van der Waals surface area contributed by atoms with E-state index in [1.807, 2.05) is 18.3 Å². The highest BCUT2D eigenvalue weighted by atomic mass is 16.5. The third-order valence-corrected chi connectivity index (χ3v) is 5.79. The third-order valence-electron chi connectivity index (χ3n) is 5.79. The van der Waals surface area contributed by atoms with Crippen molar-refractivity contribution in [2.75, 3.05) is 32.2 Å². The smallest absolute Gasteiger partial charge is 0.148 e. The Morgan fingerprint density at radius 3 is 2.82 bits per heavy atom. The molecule has 1 aliphatic rings. The van der Waals surface area contributed by atoms with E-state index in [-0.39, 0.29) is 0 Å². The molecule has 148 valence electrons. The molecule has 4 rings (SSSR count). The molecule has 0 radical (unpaired) electrons. The predicted octanol–water partition coefficient (Wildman–Crippen LogP) is 4.23. The van der Waals surface area contributed by atoms with Gasteiger partial charge in [-0.25, -0.2) is 4.98 Å². The number of benzene rings is 1. The third kappa shape index (κ3) is 3.28. The quantitative estimate of drug-likeness (QED) is 0.718. The molecule has 0 aliphatic carbocycles. The zero-order chi connectivity index (χ0) is 19.7. The number of methoxy groups -OCH3 is 2. The van der Waals surface area contributed by atoms with Crippen LogP contribution in [-0.4, -0.2) is 42.5 Å². The lowest BCUT2D eigenvalue weighted by molar-refractivity contribution is 0.397. The predicted molar refractivity (Wildman–Crippen MR) is 112 cm³/mol. The maximum Gasteiger partial charge on any atom is 0.148 e. The van der Waals surface area contributed by atoms with Crippen LogP contribution >= 0.6 is 0 Å². The van der Waals surface area contributed by atoms with Gasteiger partial charge in [0.15, 0.2) is 0 Å². The summed E-state index contributed by atoms with van der Waals surface area (Å²) in [5.41, 5.74) is 4.67. The number of rotatable bonds is 5. The van der Waals surface area contributed by atoms with Crippen LogP contribution < -0.4 is 14.4 Å². The summed E-state index contributed by atoms with van der Waals surface area (Å²) in [6.07, 6.45) is 5.30. The average Bonchev–Trinajstić information content (AvgIpc) is 3.22. The van der Waals surface area contributed by atoms with Crippen LogP contribution in [-0.2, 0) is 6.42 Å². The van der Waals surface area contributed by atoms with Crippen LogP contribution in [0.2, 0.25) is 0 Å². The van der Waals surface area contributed by atoms with E-state index in [1.54, 1.807) is 14.2 Å². The Kier molecular flexibility index (Phi) is 5.11. The molecule has 1 N–H and O–H groups in total. The van der Waals surface area contributed by atoms with E-state index in [0.717, 1.165) is 54.2 Å². The Balaban J connectivity index is 1.70. The number of anilines is 1. The molecular weight excluding hydrogens is 352 g/mol. The Hall–Kier alpha value is -2.76. The van der Waals surface area contributed by atoms with Crippen molar-refractivity contribution in [1.29, 1.82) is 0 Å². The minimum absolute atomic E-state index is 0.460. The zero-order valence-electron chi connectivity index (χ0n) is 17.1. The highest BCUT2D eigenvalue weighted by molar-refractivity contribution is 5.90. The van der Waals surface area contributed by atoms with Gasteiger partial charge in [-0.1, -0.05) is 6.92 Å². The van der Waals surface area contributed by atoms with Crippen molar-refractivity contribution in [3.8, 4) is 11.5 Å². The van der Waals surface area contributed by atoms with Gasteiger partial charge in [0.2, 0.25) is 0 Å². The molecule has 6 heteroatoms. The normalized spacial score (nSPS) is 17.1. The van der Waals surface area contributed by atoms with Crippen LogP contribution in [0.1, 0.15) is 42.5 Å². The summed E-state index contributed by atoms with van der Waals surface area (Å²) in [6.45, 7) is 6.27. The standard InChI is InChI=1S/C22H28N4O2/c1-5-15-12-23-25-21(15)16-7-6-8-26(13-16)20-9-14(2)18-10-17(27-3)11-19(28-4)22(18)24-20/h9-12,16H,5-8,13H2,1-4H3,(H,23,25)/t16-/m1/s1. The van der Waals surface area contributed by atoms with E-state index in [4.69, 9.17) is 14.5 Å². The second kappa shape index (κ2) is 7.70. The summed E-state index contributed by atoms with van der Waals surface area (Å²) in [5, 5.41) is 8.58. The SMILES string of the molecule is CCc1cn[nH]c1[C@@H]1CCCN(c2cc(C)c3cc(OC)cc(OC)c3n2)C1. The van der Waals surface area contributed by atoms with Crippen LogP contribution in [0.4, 0.5) is 5.82 Å². The maximum absolute atomic E-state index is 5.60. The number of piperidine rings is 1. The Bertz CT molecular complexity index is 982. The van der Waals surface area contributed by atoms with E-state index in [9.17, 15) is 0 Å². The lowest BCUT2D eigenvalue weighted by Gasteiger charge is -2.34. The first kappa shape index (κ1) is 18.6. The minimum atomic E-state index is 0.460. The molecule has 1 atom stereocenters. The Morgan fingerprint density at radius 1 is 1.21 bits per heavy atom. The van der Waals surface area contributed by atoms with Crippen molar-refractivity contribution in [3.63, 3.8) is 0 Å². The number of aryl methyl sites for hydroxylation is 2. The first-order valence-electron chi connectivity index (χ1n) is 9.95. The number of nitrogens with zero attached hydrogens (tertiary/aromatic N) is 3. The van der Waals surface area contributed by atoms with Gasteiger partial charge in [0, 0.05) is 36.2 Å². The maximum atomic E-state index is 5.60. The van der Waals surface area contributed by atoms with E-state index in [2.05, 4.69) is 35.0 Å². The van der Waals surface area contributed by atoms with E-state index in [0.29, 0.717) is 5.92 Å². The first-order chi connectivity index (χ1) is 13.6. The van der Waals surface area contributed by atoms with Crippen molar-refractivity contribution in [1.82, 2.24) is 15.2 Å². The molecule has 0 bridgehead atoms. The van der Waals surface area contributed by atoms with Crippen molar-refractivity contribution < 1.29 is 9.47 Å². The Morgan fingerprint density at radius 2 is 2.07 bits per heavy atom. The molecule has 0 saturated carbocycles. The van der Waals surface area contributed by atoms with Crippen LogP contribution in [0, 0.1) is 6.92 Å². The molecular formula is C22H28N4O2. The number of hydrogen-bond acceptors (Lipinski definition) is 5. The average molecular weight is 380 g/mol. The highest BCUT2D eigenvalue weighted by Gasteiger charge is 2.26. The summed E-state index contributed by atoms with van der Waals surface area (Å²) >= 11 is 0. The fourth-order valence-electron chi connectivity index (χ4n) is 4.23. The lowest BCUT2D eigenvalue weighted by Crippen LogP contribution is -2.35. The number of ether oxygens (including phenoxy) is 2. The molecule has 2 aromatic heterocycles. The molecule has 1 fully saturated rings. The number of aromatic amines is 1. The largest absolute Gasteiger partial charge is 0.497 e. The van der Waals surface area contributed by atoms with Crippen LogP contribution in [0.25, 0.3) is 10.9 Å². The molecule has 0 unspecified atom stereocenters. The molecule has 0 amide bonds. The van der Waals surface area contributed by atoms with Gasteiger partial charge in [-0.2, -0.15) is 5.10 Å². The lowest BCUT2D eigenvalue weighted by atomic mass is 9.92. The van der Waals surface area contributed by atoms with Gasteiger partial charge >= 0.3 is 0 Å². The van der Waals surface area contributed by atoms with Gasteiger partial charge in [-0.15, -0.1) is 0 Å². The zero-order valence-corrected chi connectivity index (χ0v) is 17.1. The molecule has 6 nitrogen and oxygen atoms in total. The molecule has 28 heavy (non-hydrogen) atoms. The van der Waals surface area contributed by atoms with Gasteiger partial charge in [0.1, 0.15) is 22.8 Å². The highest BCUT2D eigenvalue weighted by Crippen LogP contribution is 2.36. The van der Waals surface area contributed by atoms with Gasteiger partial charge in [-0.05, 0) is 49.4 Å². The van der Waals surface area contributed by atoms with Crippen LogP contribution in [0.5, 0.6) is 11.5 Å². The van der Waals surface area contributed by atoms with E-state index in [1.165, 1.54) is 23.2 Å². The molecule has 3 aromatic rings. The summed E-state index contributed by atoms with van der Waals surface area (Å²) in [6, 6.07) is 6.11. The summed E-state index contributed by atoms with van der Waals surface area (Å²) in [7, 11) is 3.35.